The van der Waals surface area contributed by atoms with E-state index in [4.69, 9.17) is 4.74 Å². The molecule has 0 aliphatic rings. The van der Waals surface area contributed by atoms with E-state index in [1.54, 1.807) is 7.11 Å². The fourth-order valence-electron chi connectivity index (χ4n) is 2.37. The molecule has 1 unspecified atom stereocenters. The maximum absolute atomic E-state index is 12.3. The molecule has 0 aliphatic carbocycles. The van der Waals surface area contributed by atoms with Crippen molar-refractivity contribution >= 4 is 32.6 Å². The second-order valence-corrected chi connectivity index (χ2v) is 6.04. The molecule has 0 spiro atoms. The number of carbonyl (C=O) groups excluding carboxylic acids is 1. The second kappa shape index (κ2) is 7.57. The zero-order chi connectivity index (χ0) is 15.2. The van der Waals surface area contributed by atoms with Crippen LogP contribution in [0.4, 0.5) is 0 Å². The van der Waals surface area contributed by atoms with Gasteiger partial charge in [0.1, 0.15) is 0 Å². The van der Waals surface area contributed by atoms with E-state index in [0.29, 0.717) is 12.2 Å². The Morgan fingerprint density at radius 2 is 1.95 bits per heavy atom. The number of methoxy groups -OCH3 is 1. The average Bonchev–Trinajstić information content (AvgIpc) is 2.47. The van der Waals surface area contributed by atoms with E-state index in [0.717, 1.165) is 28.1 Å². The van der Waals surface area contributed by atoms with Gasteiger partial charge in [0, 0.05) is 17.1 Å². The predicted molar refractivity (Wildman–Crippen MR) is 89.7 cm³/mol. The van der Waals surface area contributed by atoms with Crippen molar-refractivity contribution in [2.75, 3.05) is 13.7 Å². The Labute approximate surface area is 133 Å². The van der Waals surface area contributed by atoms with Gasteiger partial charge in [-0.15, -0.1) is 0 Å². The normalized spacial score (nSPS) is 12.3. The highest BCUT2D eigenvalue weighted by molar-refractivity contribution is 9.10. The Morgan fingerprint density at radius 3 is 2.67 bits per heavy atom. The number of fused-ring (bicyclic) bond motifs is 1. The molecule has 0 fully saturated rings. The van der Waals surface area contributed by atoms with Gasteiger partial charge in [0.15, 0.2) is 0 Å². The van der Waals surface area contributed by atoms with E-state index in [1.165, 1.54) is 0 Å². The molecule has 1 amide bonds. The van der Waals surface area contributed by atoms with E-state index >= 15 is 0 Å². The molecule has 2 aromatic rings. The van der Waals surface area contributed by atoms with Crippen molar-refractivity contribution < 1.29 is 9.53 Å². The number of benzene rings is 2. The van der Waals surface area contributed by atoms with Crippen molar-refractivity contribution in [1.29, 1.82) is 0 Å². The van der Waals surface area contributed by atoms with Gasteiger partial charge in [-0.05, 0) is 41.5 Å². The van der Waals surface area contributed by atoms with Crippen LogP contribution in [0.2, 0.25) is 0 Å². The minimum Gasteiger partial charge on any atom is -0.383 e. The summed E-state index contributed by atoms with van der Waals surface area (Å²) in [6.07, 6.45) is 1.93. The van der Waals surface area contributed by atoms with Crippen molar-refractivity contribution in [1.82, 2.24) is 5.32 Å². The summed E-state index contributed by atoms with van der Waals surface area (Å²) in [6.45, 7) is 2.64. The smallest absolute Gasteiger partial charge is 0.251 e. The minimum absolute atomic E-state index is 0.0460. The number of rotatable bonds is 6. The van der Waals surface area contributed by atoms with Crippen molar-refractivity contribution in [3.63, 3.8) is 0 Å². The van der Waals surface area contributed by atoms with Crippen LogP contribution in [0.15, 0.2) is 40.9 Å². The zero-order valence-corrected chi connectivity index (χ0v) is 13.9. The van der Waals surface area contributed by atoms with E-state index < -0.39 is 0 Å². The van der Waals surface area contributed by atoms with Crippen molar-refractivity contribution in [3.05, 3.63) is 46.4 Å². The summed E-state index contributed by atoms with van der Waals surface area (Å²) in [5.41, 5.74) is 0.682. The molecule has 4 heteroatoms. The minimum atomic E-state index is -0.0460. The molecule has 0 aliphatic heterocycles. The fraction of sp³-hybridized carbons (Fsp3) is 0.353. The molecule has 0 aromatic heterocycles. The van der Waals surface area contributed by atoms with E-state index in [2.05, 4.69) is 28.2 Å². The van der Waals surface area contributed by atoms with Crippen LogP contribution >= 0.6 is 15.9 Å². The Bertz CT molecular complexity index is 621. The third kappa shape index (κ3) is 4.29. The lowest BCUT2D eigenvalue weighted by molar-refractivity contribution is 0.0891. The maximum atomic E-state index is 12.3. The quantitative estimate of drug-likeness (QED) is 0.850. The highest BCUT2D eigenvalue weighted by Crippen LogP contribution is 2.21. The second-order valence-electron chi connectivity index (χ2n) is 5.12. The van der Waals surface area contributed by atoms with Crippen LogP contribution in [0, 0.1) is 0 Å². The summed E-state index contributed by atoms with van der Waals surface area (Å²) in [5.74, 6) is -0.0460. The van der Waals surface area contributed by atoms with Crippen LogP contribution in [-0.2, 0) is 4.74 Å². The number of amides is 1. The van der Waals surface area contributed by atoms with Crippen LogP contribution in [0.25, 0.3) is 10.8 Å². The maximum Gasteiger partial charge on any atom is 0.251 e. The third-order valence-electron chi connectivity index (χ3n) is 3.40. The SMILES string of the molecule is CCCC(COC)NC(=O)c1ccc2cc(Br)ccc2c1. The highest BCUT2D eigenvalue weighted by Gasteiger charge is 2.13. The van der Waals surface area contributed by atoms with E-state index in [-0.39, 0.29) is 11.9 Å². The first-order valence-electron chi connectivity index (χ1n) is 7.13. The molecule has 1 N–H and O–H groups in total. The van der Waals surface area contributed by atoms with Crippen LogP contribution < -0.4 is 5.32 Å². The van der Waals surface area contributed by atoms with Gasteiger partial charge >= 0.3 is 0 Å². The van der Waals surface area contributed by atoms with Gasteiger partial charge in [0.2, 0.25) is 0 Å². The molecular formula is C17H20BrNO2. The van der Waals surface area contributed by atoms with Crippen LogP contribution in [0.3, 0.4) is 0 Å². The first-order chi connectivity index (χ1) is 10.1. The zero-order valence-electron chi connectivity index (χ0n) is 12.4. The van der Waals surface area contributed by atoms with Gasteiger partial charge in [-0.3, -0.25) is 4.79 Å². The van der Waals surface area contributed by atoms with E-state index in [1.807, 2.05) is 36.4 Å². The van der Waals surface area contributed by atoms with Gasteiger partial charge in [0.05, 0.1) is 12.6 Å². The van der Waals surface area contributed by atoms with Gasteiger partial charge in [0.25, 0.3) is 5.91 Å². The Balaban J connectivity index is 2.16. The van der Waals surface area contributed by atoms with Gasteiger partial charge in [-0.2, -0.15) is 0 Å². The molecular weight excluding hydrogens is 330 g/mol. The average molecular weight is 350 g/mol. The molecule has 0 heterocycles. The number of nitrogens with one attached hydrogen (secondary N) is 1. The summed E-state index contributed by atoms with van der Waals surface area (Å²) in [7, 11) is 1.66. The van der Waals surface area contributed by atoms with Crippen LogP contribution in [-0.4, -0.2) is 25.7 Å². The lowest BCUT2D eigenvalue weighted by Crippen LogP contribution is -2.37. The lowest BCUT2D eigenvalue weighted by Gasteiger charge is -2.17. The van der Waals surface area contributed by atoms with Crippen LogP contribution in [0.5, 0.6) is 0 Å². The number of hydrogen-bond donors (Lipinski definition) is 1. The molecule has 0 radical (unpaired) electrons. The van der Waals surface area contributed by atoms with Crippen molar-refractivity contribution in [2.24, 2.45) is 0 Å². The molecule has 0 saturated carbocycles. The van der Waals surface area contributed by atoms with Crippen LogP contribution in [0.1, 0.15) is 30.1 Å². The standard InChI is InChI=1S/C17H20BrNO2/c1-3-4-16(11-21-2)19-17(20)14-6-5-13-10-15(18)8-7-12(13)9-14/h5-10,16H,3-4,11H2,1-2H3,(H,19,20). The summed E-state index contributed by atoms with van der Waals surface area (Å²) in [4.78, 5) is 12.3. The summed E-state index contributed by atoms with van der Waals surface area (Å²) in [6, 6.07) is 11.9. The number of carbonyl (C=O) groups is 1. The highest BCUT2D eigenvalue weighted by atomic mass is 79.9. The molecule has 1 atom stereocenters. The molecule has 112 valence electrons. The van der Waals surface area contributed by atoms with E-state index in [9.17, 15) is 4.79 Å². The first kappa shape index (κ1) is 16.0. The lowest BCUT2D eigenvalue weighted by atomic mass is 10.1. The molecule has 3 nitrogen and oxygen atoms in total. The largest absolute Gasteiger partial charge is 0.383 e. The van der Waals surface area contributed by atoms with Gasteiger partial charge in [-0.25, -0.2) is 0 Å². The Morgan fingerprint density at radius 1 is 1.24 bits per heavy atom. The topological polar surface area (TPSA) is 38.3 Å². The van der Waals surface area contributed by atoms with Gasteiger partial charge in [-0.1, -0.05) is 41.4 Å². The summed E-state index contributed by atoms with van der Waals surface area (Å²) in [5, 5.41) is 5.21. The molecule has 2 aromatic carbocycles. The number of halogens is 1. The monoisotopic (exact) mass is 349 g/mol. The van der Waals surface area contributed by atoms with Crippen molar-refractivity contribution in [2.45, 2.75) is 25.8 Å². The summed E-state index contributed by atoms with van der Waals surface area (Å²) >= 11 is 3.45. The molecule has 0 saturated heterocycles. The predicted octanol–water partition coefficient (Wildman–Crippen LogP) is 4.15. The number of hydrogen-bond acceptors (Lipinski definition) is 2. The first-order valence-corrected chi connectivity index (χ1v) is 7.92. The Hall–Kier alpha value is -1.39. The van der Waals surface area contributed by atoms with Crippen molar-refractivity contribution in [3.8, 4) is 0 Å². The fourth-order valence-corrected chi connectivity index (χ4v) is 2.75. The number of ether oxygens (including phenoxy) is 1. The molecule has 0 bridgehead atoms. The Kier molecular flexibility index (Phi) is 5.76. The summed E-state index contributed by atoms with van der Waals surface area (Å²) < 4.78 is 6.19. The third-order valence-corrected chi connectivity index (χ3v) is 3.90. The molecule has 21 heavy (non-hydrogen) atoms. The molecule has 2 rings (SSSR count). The van der Waals surface area contributed by atoms with Gasteiger partial charge < -0.3 is 10.1 Å².